The van der Waals surface area contributed by atoms with Gasteiger partial charge in [0, 0.05) is 0 Å². The minimum Gasteiger partial charge on any atom is -0.433 e. The highest BCUT2D eigenvalue weighted by Crippen LogP contribution is 2.25. The molecule has 1 amide bonds. The number of piperidine rings is 1. The third-order valence-corrected chi connectivity index (χ3v) is 3.77. The number of para-hydroxylation sites is 2. The van der Waals surface area contributed by atoms with Crippen LogP contribution < -0.4 is 15.0 Å². The van der Waals surface area contributed by atoms with Gasteiger partial charge in [0.2, 0.25) is 0 Å². The van der Waals surface area contributed by atoms with Crippen LogP contribution in [0.25, 0.3) is 0 Å². The predicted molar refractivity (Wildman–Crippen MR) is 75.7 cm³/mol. The molecule has 1 aromatic rings. The van der Waals surface area contributed by atoms with Gasteiger partial charge in [0.1, 0.15) is 5.75 Å². The van der Waals surface area contributed by atoms with Crippen LogP contribution in [-0.4, -0.2) is 32.2 Å². The molecular formula is C15H21F2N2O2+. The molecule has 2 rings (SSSR count). The van der Waals surface area contributed by atoms with Crippen LogP contribution in [0.5, 0.6) is 5.75 Å². The molecule has 0 aromatic heterocycles. The number of ether oxygens (including phenoxy) is 1. The molecule has 1 heterocycles. The van der Waals surface area contributed by atoms with Gasteiger partial charge in [-0.05, 0) is 30.9 Å². The lowest BCUT2D eigenvalue weighted by Gasteiger charge is -2.26. The number of amides is 1. The van der Waals surface area contributed by atoms with Crippen molar-refractivity contribution in [3.05, 3.63) is 24.3 Å². The number of carbonyl (C=O) groups is 1. The lowest BCUT2D eigenvalue weighted by molar-refractivity contribution is -0.897. The molecule has 2 N–H and O–H groups in total. The summed E-state index contributed by atoms with van der Waals surface area (Å²) < 4.78 is 29.0. The quantitative estimate of drug-likeness (QED) is 0.866. The van der Waals surface area contributed by atoms with Crippen LogP contribution in [0.2, 0.25) is 0 Å². The maximum Gasteiger partial charge on any atom is 0.387 e. The van der Waals surface area contributed by atoms with Gasteiger partial charge in [0.15, 0.2) is 6.54 Å². The third-order valence-electron chi connectivity index (χ3n) is 3.77. The largest absolute Gasteiger partial charge is 0.433 e. The van der Waals surface area contributed by atoms with Crippen LogP contribution in [0.1, 0.15) is 19.8 Å². The van der Waals surface area contributed by atoms with Crippen molar-refractivity contribution in [3.8, 4) is 5.75 Å². The van der Waals surface area contributed by atoms with E-state index in [9.17, 15) is 13.6 Å². The molecule has 1 aliphatic rings. The van der Waals surface area contributed by atoms with Crippen molar-refractivity contribution >= 4 is 11.6 Å². The molecule has 21 heavy (non-hydrogen) atoms. The molecule has 0 unspecified atom stereocenters. The number of halogens is 2. The van der Waals surface area contributed by atoms with Crippen molar-refractivity contribution in [2.24, 2.45) is 5.92 Å². The monoisotopic (exact) mass is 299 g/mol. The molecule has 0 aliphatic carbocycles. The van der Waals surface area contributed by atoms with Gasteiger partial charge in [-0.1, -0.05) is 19.1 Å². The maximum absolute atomic E-state index is 12.3. The number of anilines is 1. The Morgan fingerprint density at radius 2 is 2.05 bits per heavy atom. The fourth-order valence-corrected chi connectivity index (χ4v) is 2.54. The summed E-state index contributed by atoms with van der Waals surface area (Å²) in [6.07, 6.45) is 2.24. The van der Waals surface area contributed by atoms with Gasteiger partial charge in [-0.3, -0.25) is 4.79 Å². The average Bonchev–Trinajstić information content (AvgIpc) is 2.43. The first-order valence-corrected chi connectivity index (χ1v) is 7.22. The molecule has 116 valence electrons. The summed E-state index contributed by atoms with van der Waals surface area (Å²) in [7, 11) is 0. The van der Waals surface area contributed by atoms with E-state index in [1.165, 1.54) is 11.0 Å². The standard InChI is InChI=1S/C15H20F2N2O2/c1-11-6-8-19(9-7-11)10-14(20)18-12-4-2-3-5-13(12)21-15(16)17/h2-5,11,15H,6-10H2,1H3,(H,18,20)/p+1. The number of rotatable bonds is 5. The number of alkyl halides is 2. The molecule has 0 radical (unpaired) electrons. The first-order chi connectivity index (χ1) is 10.0. The van der Waals surface area contributed by atoms with Crippen molar-refractivity contribution in [2.45, 2.75) is 26.4 Å². The molecule has 1 saturated heterocycles. The van der Waals surface area contributed by atoms with E-state index in [0.29, 0.717) is 6.54 Å². The Morgan fingerprint density at radius 1 is 1.38 bits per heavy atom. The fraction of sp³-hybridized carbons (Fsp3) is 0.533. The number of hydrogen-bond donors (Lipinski definition) is 2. The highest BCUT2D eigenvalue weighted by molar-refractivity contribution is 5.92. The minimum absolute atomic E-state index is 0.0110. The number of quaternary nitrogens is 1. The van der Waals surface area contributed by atoms with E-state index in [-0.39, 0.29) is 17.3 Å². The van der Waals surface area contributed by atoms with Crippen molar-refractivity contribution in [2.75, 3.05) is 25.0 Å². The molecule has 1 aromatic carbocycles. The fourth-order valence-electron chi connectivity index (χ4n) is 2.54. The number of hydrogen-bond acceptors (Lipinski definition) is 2. The normalized spacial score (nSPS) is 22.1. The molecular weight excluding hydrogens is 278 g/mol. The minimum atomic E-state index is -2.91. The van der Waals surface area contributed by atoms with E-state index >= 15 is 0 Å². The van der Waals surface area contributed by atoms with Gasteiger partial charge in [0.05, 0.1) is 18.8 Å². The third kappa shape index (κ3) is 4.97. The highest BCUT2D eigenvalue weighted by Gasteiger charge is 2.22. The maximum atomic E-state index is 12.3. The second kappa shape index (κ2) is 7.36. The predicted octanol–water partition coefficient (Wildman–Crippen LogP) is 1.54. The lowest BCUT2D eigenvalue weighted by atomic mass is 9.99. The van der Waals surface area contributed by atoms with Crippen LogP contribution >= 0.6 is 0 Å². The number of benzene rings is 1. The molecule has 0 saturated carbocycles. The van der Waals surface area contributed by atoms with E-state index in [1.54, 1.807) is 18.2 Å². The Hall–Kier alpha value is -1.69. The van der Waals surface area contributed by atoms with E-state index in [2.05, 4.69) is 17.0 Å². The van der Waals surface area contributed by atoms with Gasteiger partial charge in [-0.25, -0.2) is 0 Å². The van der Waals surface area contributed by atoms with Crippen LogP contribution in [0.15, 0.2) is 24.3 Å². The molecule has 0 spiro atoms. The second-order valence-electron chi connectivity index (χ2n) is 5.53. The van der Waals surface area contributed by atoms with Gasteiger partial charge >= 0.3 is 6.61 Å². The van der Waals surface area contributed by atoms with Gasteiger partial charge in [-0.2, -0.15) is 8.78 Å². The molecule has 1 fully saturated rings. The molecule has 1 aliphatic heterocycles. The van der Waals surface area contributed by atoms with Crippen molar-refractivity contribution in [3.63, 3.8) is 0 Å². The number of nitrogens with one attached hydrogen (secondary N) is 2. The Bertz CT molecular complexity index is 474. The molecule has 0 atom stereocenters. The summed E-state index contributed by atoms with van der Waals surface area (Å²) in [6.45, 7) is 1.62. The van der Waals surface area contributed by atoms with Crippen LogP contribution in [0.3, 0.4) is 0 Å². The molecule has 6 heteroatoms. The van der Waals surface area contributed by atoms with Crippen LogP contribution in [0, 0.1) is 5.92 Å². The number of carbonyl (C=O) groups excluding carboxylic acids is 1. The average molecular weight is 299 g/mol. The molecule has 0 bridgehead atoms. The van der Waals surface area contributed by atoms with Crippen molar-refractivity contribution in [1.82, 2.24) is 0 Å². The summed E-state index contributed by atoms with van der Waals surface area (Å²) in [6, 6.07) is 6.23. The van der Waals surface area contributed by atoms with Gasteiger partial charge < -0.3 is 15.0 Å². The number of likely N-dealkylation sites (tertiary alicyclic amines) is 1. The SMILES string of the molecule is CC1CC[NH+](CC(=O)Nc2ccccc2OC(F)F)CC1. The zero-order valence-electron chi connectivity index (χ0n) is 12.1. The zero-order chi connectivity index (χ0) is 15.2. The topological polar surface area (TPSA) is 42.8 Å². The first kappa shape index (κ1) is 15.7. The second-order valence-corrected chi connectivity index (χ2v) is 5.53. The lowest BCUT2D eigenvalue weighted by Crippen LogP contribution is -3.14. The smallest absolute Gasteiger partial charge is 0.387 e. The summed E-state index contributed by atoms with van der Waals surface area (Å²) in [5, 5.41) is 2.66. The van der Waals surface area contributed by atoms with E-state index < -0.39 is 6.61 Å². The van der Waals surface area contributed by atoms with Gasteiger partial charge in [0.25, 0.3) is 5.91 Å². The summed E-state index contributed by atoms with van der Waals surface area (Å²) in [4.78, 5) is 13.3. The van der Waals surface area contributed by atoms with E-state index in [0.717, 1.165) is 31.8 Å². The Balaban J connectivity index is 1.90. The van der Waals surface area contributed by atoms with Gasteiger partial charge in [-0.15, -0.1) is 0 Å². The Morgan fingerprint density at radius 3 is 2.71 bits per heavy atom. The summed E-state index contributed by atoms with van der Waals surface area (Å²) >= 11 is 0. The Kier molecular flexibility index (Phi) is 5.50. The highest BCUT2D eigenvalue weighted by atomic mass is 19.3. The van der Waals surface area contributed by atoms with E-state index in [1.807, 2.05) is 0 Å². The first-order valence-electron chi connectivity index (χ1n) is 7.22. The zero-order valence-corrected chi connectivity index (χ0v) is 12.1. The Labute approximate surface area is 123 Å². The van der Waals surface area contributed by atoms with Crippen LogP contribution in [0.4, 0.5) is 14.5 Å². The molecule has 4 nitrogen and oxygen atoms in total. The summed E-state index contributed by atoms with van der Waals surface area (Å²) in [5.41, 5.74) is 0.285. The van der Waals surface area contributed by atoms with Crippen LogP contribution in [-0.2, 0) is 4.79 Å². The summed E-state index contributed by atoms with van der Waals surface area (Å²) in [5.74, 6) is 0.532. The van der Waals surface area contributed by atoms with Crippen molar-refractivity contribution < 1.29 is 23.2 Å². The van der Waals surface area contributed by atoms with Crippen molar-refractivity contribution in [1.29, 1.82) is 0 Å². The van der Waals surface area contributed by atoms with E-state index in [4.69, 9.17) is 0 Å².